The summed E-state index contributed by atoms with van der Waals surface area (Å²) in [4.78, 5) is 0. The van der Waals surface area contributed by atoms with Crippen LogP contribution in [0.2, 0.25) is 0 Å². The van der Waals surface area contributed by atoms with Gasteiger partial charge >= 0.3 is 0 Å². The van der Waals surface area contributed by atoms with E-state index in [1.165, 1.54) is 70.6 Å². The predicted octanol–water partition coefficient (Wildman–Crippen LogP) is 5.95. The Morgan fingerprint density at radius 1 is 0.750 bits per heavy atom. The second-order valence-corrected chi connectivity index (χ2v) is 6.20. The molecule has 0 nitrogen and oxygen atoms in total. The molecule has 1 aliphatic carbocycles. The van der Waals surface area contributed by atoms with Gasteiger partial charge in [0.2, 0.25) is 0 Å². The van der Waals surface area contributed by atoms with Gasteiger partial charge in [0.25, 0.3) is 0 Å². The van der Waals surface area contributed by atoms with E-state index in [9.17, 15) is 0 Å². The van der Waals surface area contributed by atoms with E-state index in [2.05, 4.69) is 20.8 Å². The first kappa shape index (κ1) is 14.1. The Bertz CT molecular complexity index is 157. The Morgan fingerprint density at radius 2 is 1.12 bits per heavy atom. The minimum atomic E-state index is 0.671. The molecule has 1 fully saturated rings. The van der Waals surface area contributed by atoms with Crippen LogP contribution >= 0.6 is 0 Å². The van der Waals surface area contributed by atoms with Crippen molar-refractivity contribution in [3.8, 4) is 0 Å². The van der Waals surface area contributed by atoms with Crippen LogP contribution in [0.5, 0.6) is 0 Å². The molecule has 0 saturated heterocycles. The van der Waals surface area contributed by atoms with E-state index in [1.807, 2.05) is 0 Å². The number of hydrogen-bond acceptors (Lipinski definition) is 0. The highest BCUT2D eigenvalue weighted by Gasteiger charge is 2.30. The minimum absolute atomic E-state index is 0.671. The van der Waals surface area contributed by atoms with Crippen LogP contribution < -0.4 is 0 Å². The van der Waals surface area contributed by atoms with E-state index in [0.29, 0.717) is 5.41 Å². The van der Waals surface area contributed by atoms with Crippen molar-refractivity contribution in [3.63, 3.8) is 0 Å². The summed E-state index contributed by atoms with van der Waals surface area (Å²) in [6.45, 7) is 7.31. The molecule has 0 aromatic heterocycles. The molecule has 0 bridgehead atoms. The zero-order chi connectivity index (χ0) is 11.9. The first-order valence-electron chi connectivity index (χ1n) is 7.71. The Morgan fingerprint density at radius 3 is 1.44 bits per heavy atom. The van der Waals surface area contributed by atoms with E-state index in [4.69, 9.17) is 0 Å². The van der Waals surface area contributed by atoms with E-state index in [1.54, 1.807) is 0 Å². The summed E-state index contributed by atoms with van der Waals surface area (Å²) in [6.07, 6.45) is 16.2. The van der Waals surface area contributed by atoms with Crippen molar-refractivity contribution in [3.05, 3.63) is 0 Å². The zero-order valence-corrected chi connectivity index (χ0v) is 11.9. The summed E-state index contributed by atoms with van der Waals surface area (Å²) in [7, 11) is 0. The summed E-state index contributed by atoms with van der Waals surface area (Å²) < 4.78 is 0. The van der Waals surface area contributed by atoms with Gasteiger partial charge in [-0.1, -0.05) is 78.6 Å². The van der Waals surface area contributed by atoms with Gasteiger partial charge < -0.3 is 0 Å². The van der Waals surface area contributed by atoms with Gasteiger partial charge in [-0.05, 0) is 24.2 Å². The van der Waals surface area contributed by atoms with E-state index in [0.717, 1.165) is 5.92 Å². The highest BCUT2D eigenvalue weighted by atomic mass is 14.4. The minimum Gasteiger partial charge on any atom is -0.0648 e. The summed E-state index contributed by atoms with van der Waals surface area (Å²) in [6, 6.07) is 0. The Balaban J connectivity index is 2.55. The van der Waals surface area contributed by atoms with Gasteiger partial charge in [-0.3, -0.25) is 0 Å². The fourth-order valence-electron chi connectivity index (χ4n) is 3.48. The molecule has 0 spiro atoms. The molecule has 16 heavy (non-hydrogen) atoms. The molecular formula is C16H32. The maximum absolute atomic E-state index is 2.45. The highest BCUT2D eigenvalue weighted by molar-refractivity contribution is 4.81. The van der Waals surface area contributed by atoms with Crippen molar-refractivity contribution >= 4 is 0 Å². The summed E-state index contributed by atoms with van der Waals surface area (Å²) >= 11 is 0. The largest absolute Gasteiger partial charge is 0.0648 e. The molecule has 0 aromatic rings. The Hall–Kier alpha value is 0. The van der Waals surface area contributed by atoms with Crippen LogP contribution in [0.3, 0.4) is 0 Å². The van der Waals surface area contributed by atoms with Crippen molar-refractivity contribution < 1.29 is 0 Å². The second-order valence-electron chi connectivity index (χ2n) is 6.20. The molecule has 0 heteroatoms. The number of hydrogen-bond donors (Lipinski definition) is 0. The lowest BCUT2D eigenvalue weighted by molar-refractivity contribution is 0.136. The van der Waals surface area contributed by atoms with Gasteiger partial charge in [0.1, 0.15) is 0 Å². The quantitative estimate of drug-likeness (QED) is 0.543. The van der Waals surface area contributed by atoms with Gasteiger partial charge in [-0.15, -0.1) is 0 Å². The SMILES string of the molecule is CCC1(C(C)C)CCCCCCCCCC1. The lowest BCUT2D eigenvalue weighted by Gasteiger charge is -2.37. The second kappa shape index (κ2) is 7.35. The zero-order valence-electron chi connectivity index (χ0n) is 11.9. The normalized spacial score (nSPS) is 24.0. The monoisotopic (exact) mass is 224 g/mol. The molecule has 1 aliphatic rings. The maximum Gasteiger partial charge on any atom is -0.0277 e. The van der Waals surface area contributed by atoms with E-state index >= 15 is 0 Å². The summed E-state index contributed by atoms with van der Waals surface area (Å²) in [5.74, 6) is 0.873. The molecule has 0 N–H and O–H groups in total. The van der Waals surface area contributed by atoms with Crippen molar-refractivity contribution in [1.82, 2.24) is 0 Å². The van der Waals surface area contributed by atoms with Gasteiger partial charge in [-0.2, -0.15) is 0 Å². The van der Waals surface area contributed by atoms with Gasteiger partial charge in [0, 0.05) is 0 Å². The fraction of sp³-hybridized carbons (Fsp3) is 1.00. The Kier molecular flexibility index (Phi) is 6.46. The third-order valence-corrected chi connectivity index (χ3v) is 5.03. The first-order valence-corrected chi connectivity index (χ1v) is 7.71. The molecule has 96 valence electrons. The molecule has 1 rings (SSSR count). The van der Waals surface area contributed by atoms with Gasteiger partial charge in [-0.25, -0.2) is 0 Å². The predicted molar refractivity (Wildman–Crippen MR) is 73.7 cm³/mol. The third-order valence-electron chi connectivity index (χ3n) is 5.03. The molecule has 0 atom stereocenters. The van der Waals surface area contributed by atoms with Gasteiger partial charge in [0.15, 0.2) is 0 Å². The molecule has 0 radical (unpaired) electrons. The van der Waals surface area contributed by atoms with E-state index in [-0.39, 0.29) is 0 Å². The molecule has 0 aromatic carbocycles. The summed E-state index contributed by atoms with van der Waals surface area (Å²) in [5, 5.41) is 0. The van der Waals surface area contributed by atoms with Crippen LogP contribution in [0.4, 0.5) is 0 Å². The maximum atomic E-state index is 2.45. The molecule has 0 heterocycles. The fourth-order valence-corrected chi connectivity index (χ4v) is 3.48. The molecule has 0 unspecified atom stereocenters. The smallest absolute Gasteiger partial charge is 0.0277 e. The average Bonchev–Trinajstić information content (AvgIpc) is 2.33. The Labute approximate surface area is 103 Å². The van der Waals surface area contributed by atoms with Crippen LogP contribution in [-0.2, 0) is 0 Å². The summed E-state index contributed by atoms with van der Waals surface area (Å²) in [5.41, 5.74) is 0.671. The molecular weight excluding hydrogens is 192 g/mol. The lowest BCUT2D eigenvalue weighted by atomic mass is 9.68. The van der Waals surface area contributed by atoms with E-state index < -0.39 is 0 Å². The molecule has 0 amide bonds. The van der Waals surface area contributed by atoms with Crippen LogP contribution in [0.15, 0.2) is 0 Å². The first-order chi connectivity index (χ1) is 7.71. The van der Waals surface area contributed by atoms with Crippen molar-refractivity contribution in [2.75, 3.05) is 0 Å². The number of rotatable bonds is 2. The third kappa shape index (κ3) is 4.11. The lowest BCUT2D eigenvalue weighted by Crippen LogP contribution is -2.26. The van der Waals surface area contributed by atoms with Crippen molar-refractivity contribution in [2.45, 2.75) is 91.4 Å². The van der Waals surface area contributed by atoms with Crippen LogP contribution in [0, 0.1) is 11.3 Å². The van der Waals surface area contributed by atoms with Crippen LogP contribution in [0.1, 0.15) is 91.4 Å². The van der Waals surface area contributed by atoms with Gasteiger partial charge in [0.05, 0.1) is 0 Å². The topological polar surface area (TPSA) is 0 Å². The van der Waals surface area contributed by atoms with Crippen LogP contribution in [-0.4, -0.2) is 0 Å². The van der Waals surface area contributed by atoms with Crippen LogP contribution in [0.25, 0.3) is 0 Å². The molecule has 0 aliphatic heterocycles. The highest BCUT2D eigenvalue weighted by Crippen LogP contribution is 2.42. The molecule has 1 saturated carbocycles. The average molecular weight is 224 g/mol. The standard InChI is InChI=1S/C16H32/c1-4-16(15(2)3)13-11-9-7-5-6-8-10-12-14-16/h15H,4-14H2,1-3H3. The van der Waals surface area contributed by atoms with Crippen molar-refractivity contribution in [1.29, 1.82) is 0 Å². The van der Waals surface area contributed by atoms with Crippen molar-refractivity contribution in [2.24, 2.45) is 11.3 Å².